The second-order valence-electron chi connectivity index (χ2n) is 9.36. The van der Waals surface area contributed by atoms with Gasteiger partial charge in [0.2, 0.25) is 5.91 Å². The van der Waals surface area contributed by atoms with Crippen molar-refractivity contribution in [1.82, 2.24) is 0 Å². The van der Waals surface area contributed by atoms with E-state index in [1.54, 1.807) is 0 Å². The van der Waals surface area contributed by atoms with Crippen LogP contribution in [0.5, 0.6) is 0 Å². The Balaban J connectivity index is 1.92. The summed E-state index contributed by atoms with van der Waals surface area (Å²) in [5.74, 6) is -0.883. The van der Waals surface area contributed by atoms with Gasteiger partial charge < -0.3 is 0 Å². The fourth-order valence-corrected chi connectivity index (χ4v) is 4.84. The number of allylic oxidation sites excluding steroid dienone is 2. The van der Waals surface area contributed by atoms with E-state index >= 15 is 0 Å². The number of carbonyl (C=O) groups is 2. The summed E-state index contributed by atoms with van der Waals surface area (Å²) >= 11 is 6.29. The zero-order valence-corrected chi connectivity index (χ0v) is 18.8. The number of rotatable bonds is 2. The van der Waals surface area contributed by atoms with Gasteiger partial charge in [0.05, 0.1) is 16.3 Å². The van der Waals surface area contributed by atoms with Crippen LogP contribution in [0.2, 0.25) is 5.02 Å². The van der Waals surface area contributed by atoms with Crippen LogP contribution in [-0.4, -0.2) is 11.7 Å². The maximum atomic E-state index is 13.4. The van der Waals surface area contributed by atoms with Crippen LogP contribution >= 0.6 is 11.6 Å². The Morgan fingerprint density at radius 2 is 1.69 bits per heavy atom. The molecular formula is C25H23ClF3NO2. The summed E-state index contributed by atoms with van der Waals surface area (Å²) in [4.78, 5) is 27.9. The van der Waals surface area contributed by atoms with Crippen LogP contribution in [0, 0.1) is 12.3 Å². The predicted octanol–water partition coefficient (Wildman–Crippen LogP) is 6.83. The molecule has 0 spiro atoms. The Morgan fingerprint density at radius 3 is 2.31 bits per heavy atom. The summed E-state index contributed by atoms with van der Waals surface area (Å²) in [5.41, 5.74) is 1.49. The summed E-state index contributed by atoms with van der Waals surface area (Å²) in [6, 6.07) is 10.6. The van der Waals surface area contributed by atoms with Gasteiger partial charge >= 0.3 is 6.18 Å². The van der Waals surface area contributed by atoms with Crippen molar-refractivity contribution in [2.75, 3.05) is 4.90 Å². The van der Waals surface area contributed by atoms with Crippen LogP contribution in [0.4, 0.5) is 18.9 Å². The van der Waals surface area contributed by atoms with Crippen LogP contribution in [0.25, 0.3) is 0 Å². The van der Waals surface area contributed by atoms with E-state index in [-0.39, 0.29) is 28.8 Å². The van der Waals surface area contributed by atoms with Crippen molar-refractivity contribution >= 4 is 29.0 Å². The molecule has 1 unspecified atom stereocenters. The van der Waals surface area contributed by atoms with Gasteiger partial charge in [0.25, 0.3) is 0 Å². The molecule has 168 valence electrons. The Morgan fingerprint density at radius 1 is 1.03 bits per heavy atom. The van der Waals surface area contributed by atoms with Crippen molar-refractivity contribution in [3.05, 3.63) is 75.4 Å². The highest BCUT2D eigenvalue weighted by atomic mass is 35.5. The lowest BCUT2D eigenvalue weighted by Gasteiger charge is -2.43. The molecule has 0 bridgehead atoms. The molecule has 7 heteroatoms. The number of nitrogens with zero attached hydrogens (tertiary/aromatic N) is 1. The van der Waals surface area contributed by atoms with Gasteiger partial charge in [0.1, 0.15) is 0 Å². The topological polar surface area (TPSA) is 37.4 Å². The number of alkyl halides is 3. The van der Waals surface area contributed by atoms with Gasteiger partial charge in [-0.15, -0.1) is 0 Å². The molecule has 2 aromatic rings. The monoisotopic (exact) mass is 461 g/mol. The third kappa shape index (κ3) is 4.08. The van der Waals surface area contributed by atoms with E-state index in [9.17, 15) is 22.8 Å². The highest BCUT2D eigenvalue weighted by Crippen LogP contribution is 2.49. The minimum atomic E-state index is -4.58. The van der Waals surface area contributed by atoms with Crippen molar-refractivity contribution < 1.29 is 22.8 Å². The number of hydrogen-bond acceptors (Lipinski definition) is 2. The first-order chi connectivity index (χ1) is 14.9. The van der Waals surface area contributed by atoms with Crippen LogP contribution in [-0.2, 0) is 15.8 Å². The van der Waals surface area contributed by atoms with Gasteiger partial charge in [-0.3, -0.25) is 14.5 Å². The van der Waals surface area contributed by atoms with Crippen molar-refractivity contribution in [1.29, 1.82) is 0 Å². The maximum Gasteiger partial charge on any atom is 0.416 e. The normalized spacial score (nSPS) is 21.1. The van der Waals surface area contributed by atoms with E-state index in [1.165, 1.54) is 4.90 Å². The smallest absolute Gasteiger partial charge is 0.294 e. The van der Waals surface area contributed by atoms with Gasteiger partial charge in [-0.05, 0) is 42.5 Å². The molecule has 4 rings (SSSR count). The number of aryl methyl sites for hydroxylation is 1. The van der Waals surface area contributed by atoms with Gasteiger partial charge in [-0.25, -0.2) is 0 Å². The number of amides is 1. The van der Waals surface area contributed by atoms with Crippen molar-refractivity contribution in [3.63, 3.8) is 0 Å². The summed E-state index contributed by atoms with van der Waals surface area (Å²) < 4.78 is 40.2. The largest absolute Gasteiger partial charge is 0.416 e. The number of benzene rings is 2. The molecule has 2 aliphatic rings. The summed E-state index contributed by atoms with van der Waals surface area (Å²) in [6.45, 7) is 5.79. The van der Waals surface area contributed by atoms with Crippen LogP contribution in [0.3, 0.4) is 0 Å². The molecular weight excluding hydrogens is 439 g/mol. The van der Waals surface area contributed by atoms with E-state index in [0.717, 1.165) is 29.3 Å². The standard InChI is InChI=1S/C25H23ClF3NO2/c1-14-4-6-15(7-5-14)17-11-22(32)30(20-12-24(2,3)13-21(31)23(17)20)19-10-16(25(27,28)29)8-9-18(19)26/h4-10,17H,11-13H2,1-3H3. The molecule has 0 radical (unpaired) electrons. The van der Waals surface area contributed by atoms with E-state index in [0.29, 0.717) is 24.1 Å². The minimum Gasteiger partial charge on any atom is -0.294 e. The zero-order chi connectivity index (χ0) is 23.4. The first-order valence-corrected chi connectivity index (χ1v) is 10.8. The van der Waals surface area contributed by atoms with Crippen LogP contribution in [0.15, 0.2) is 53.7 Å². The average molecular weight is 462 g/mol. The Kier molecular flexibility index (Phi) is 5.48. The average Bonchev–Trinajstić information content (AvgIpc) is 2.67. The number of Topliss-reactive ketones (excluding diaryl/α,β-unsaturated/α-hetero) is 1. The van der Waals surface area contributed by atoms with Crippen molar-refractivity contribution in [2.24, 2.45) is 5.41 Å². The molecule has 0 saturated carbocycles. The molecule has 1 heterocycles. The SMILES string of the molecule is Cc1ccc(C2CC(=O)N(c3cc(C(F)(F)F)ccc3Cl)C3=C2C(=O)CC(C)(C)C3)cc1. The molecule has 0 fully saturated rings. The molecule has 0 aromatic heterocycles. The Hall–Kier alpha value is -2.60. The number of anilines is 1. The van der Waals surface area contributed by atoms with Gasteiger partial charge in [-0.1, -0.05) is 55.3 Å². The molecule has 1 aliphatic heterocycles. The first-order valence-electron chi connectivity index (χ1n) is 10.4. The minimum absolute atomic E-state index is 0.0133. The Bertz CT molecular complexity index is 1130. The molecule has 1 atom stereocenters. The molecule has 1 amide bonds. The number of halogens is 4. The summed E-state index contributed by atoms with van der Waals surface area (Å²) in [7, 11) is 0. The summed E-state index contributed by atoms with van der Waals surface area (Å²) in [6.07, 6.45) is -3.90. The molecule has 0 saturated heterocycles. The number of ketones is 1. The van der Waals surface area contributed by atoms with E-state index < -0.39 is 23.1 Å². The van der Waals surface area contributed by atoms with Gasteiger partial charge in [0.15, 0.2) is 5.78 Å². The van der Waals surface area contributed by atoms with E-state index in [4.69, 9.17) is 11.6 Å². The maximum absolute atomic E-state index is 13.4. The van der Waals surface area contributed by atoms with Crippen molar-refractivity contribution in [3.8, 4) is 0 Å². The molecule has 32 heavy (non-hydrogen) atoms. The van der Waals surface area contributed by atoms with Gasteiger partial charge in [-0.2, -0.15) is 13.2 Å². The third-order valence-electron chi connectivity index (χ3n) is 6.14. The molecule has 1 aliphatic carbocycles. The first kappa shape index (κ1) is 22.6. The molecule has 3 nitrogen and oxygen atoms in total. The fraction of sp³-hybridized carbons (Fsp3) is 0.360. The summed E-state index contributed by atoms with van der Waals surface area (Å²) in [5, 5.41) is 0.0304. The lowest BCUT2D eigenvalue weighted by Crippen LogP contribution is -2.44. The lowest BCUT2D eigenvalue weighted by atomic mass is 9.69. The highest BCUT2D eigenvalue weighted by molar-refractivity contribution is 6.34. The van der Waals surface area contributed by atoms with Crippen LogP contribution in [0.1, 0.15) is 55.7 Å². The predicted molar refractivity (Wildman–Crippen MR) is 118 cm³/mol. The van der Waals surface area contributed by atoms with E-state index in [1.807, 2.05) is 45.0 Å². The Labute approximate surface area is 189 Å². The highest BCUT2D eigenvalue weighted by Gasteiger charge is 2.45. The van der Waals surface area contributed by atoms with Gasteiger partial charge in [0, 0.05) is 30.0 Å². The third-order valence-corrected chi connectivity index (χ3v) is 6.46. The van der Waals surface area contributed by atoms with E-state index in [2.05, 4.69) is 0 Å². The second-order valence-corrected chi connectivity index (χ2v) is 9.77. The number of carbonyl (C=O) groups excluding carboxylic acids is 2. The fourth-order valence-electron chi connectivity index (χ4n) is 4.64. The molecule has 2 aromatic carbocycles. The number of hydrogen-bond donors (Lipinski definition) is 0. The zero-order valence-electron chi connectivity index (χ0n) is 18.0. The molecule has 0 N–H and O–H groups in total. The van der Waals surface area contributed by atoms with Crippen molar-refractivity contribution in [2.45, 2.75) is 52.1 Å². The lowest BCUT2D eigenvalue weighted by molar-refractivity contribution is -0.137. The second kappa shape index (κ2) is 7.77. The quantitative estimate of drug-likeness (QED) is 0.491. The van der Waals surface area contributed by atoms with Crippen LogP contribution < -0.4 is 4.90 Å².